The first-order valence-electron chi connectivity index (χ1n) is 6.41. The Labute approximate surface area is 119 Å². The van der Waals surface area contributed by atoms with Crippen LogP contribution in [-0.2, 0) is 0 Å². The van der Waals surface area contributed by atoms with Crippen LogP contribution in [0.15, 0.2) is 39.8 Å². The summed E-state index contributed by atoms with van der Waals surface area (Å²) in [7, 11) is 0. The Morgan fingerprint density at radius 3 is 2.81 bits per heavy atom. The Morgan fingerprint density at radius 2 is 2.05 bits per heavy atom. The number of H-pyrrole nitrogens is 1. The van der Waals surface area contributed by atoms with Crippen molar-refractivity contribution in [2.75, 3.05) is 5.32 Å². The Bertz CT molecular complexity index is 893. The maximum absolute atomic E-state index is 12.5. The number of benzene rings is 1. The molecule has 106 valence electrons. The molecular formula is C15H13N3O3. The molecule has 2 N–H and O–H groups in total. The monoisotopic (exact) mass is 283 g/mol. The van der Waals surface area contributed by atoms with Gasteiger partial charge >= 0.3 is 0 Å². The number of hydrogen-bond acceptors (Lipinski definition) is 4. The van der Waals surface area contributed by atoms with E-state index < -0.39 is 5.56 Å². The number of fused-ring (bicyclic) bond motifs is 1. The summed E-state index contributed by atoms with van der Waals surface area (Å²) in [6, 6.07) is 7.41. The molecule has 0 atom stereocenters. The predicted octanol–water partition coefficient (Wildman–Crippen LogP) is 2.39. The maximum atomic E-state index is 12.5. The van der Waals surface area contributed by atoms with Crippen LogP contribution in [0, 0.1) is 13.8 Å². The number of furan rings is 1. The third-order valence-electron chi connectivity index (χ3n) is 3.29. The Kier molecular flexibility index (Phi) is 3.06. The predicted molar refractivity (Wildman–Crippen MR) is 78.5 cm³/mol. The number of nitrogens with zero attached hydrogens (tertiary/aromatic N) is 1. The molecule has 1 aromatic carbocycles. The van der Waals surface area contributed by atoms with Crippen molar-refractivity contribution in [2.24, 2.45) is 0 Å². The minimum atomic E-state index is -0.396. The third-order valence-corrected chi connectivity index (χ3v) is 3.29. The number of amides is 1. The van der Waals surface area contributed by atoms with Gasteiger partial charge in [0.05, 0.1) is 11.9 Å². The van der Waals surface area contributed by atoms with Gasteiger partial charge in [0.15, 0.2) is 0 Å². The van der Waals surface area contributed by atoms with Gasteiger partial charge in [0.1, 0.15) is 11.1 Å². The van der Waals surface area contributed by atoms with Crippen LogP contribution in [0.5, 0.6) is 0 Å². The number of para-hydroxylation sites is 1. The number of anilines is 1. The molecule has 6 nitrogen and oxygen atoms in total. The van der Waals surface area contributed by atoms with Crippen LogP contribution >= 0.6 is 0 Å². The quantitative estimate of drug-likeness (QED) is 0.755. The van der Waals surface area contributed by atoms with Crippen LogP contribution in [0.2, 0.25) is 0 Å². The van der Waals surface area contributed by atoms with E-state index in [9.17, 15) is 9.59 Å². The summed E-state index contributed by atoms with van der Waals surface area (Å²) in [5.74, 6) is -0.0284. The Balaban J connectivity index is 2.09. The second kappa shape index (κ2) is 4.90. The summed E-state index contributed by atoms with van der Waals surface area (Å²) >= 11 is 0. The molecule has 3 rings (SSSR count). The smallest absolute Gasteiger partial charge is 0.262 e. The number of hydrogen-bond donors (Lipinski definition) is 2. The van der Waals surface area contributed by atoms with E-state index in [1.54, 1.807) is 13.0 Å². The fourth-order valence-electron chi connectivity index (χ4n) is 2.22. The standard InChI is InChI=1S/C15H13N3O3/c1-8-5-3-4-6-10(8)18-14(20)11-9(2)21-15-12(11)13(19)16-7-17-15/h3-7H,1-2H3,(H,18,20)(H,16,17,19). The molecule has 0 saturated carbocycles. The summed E-state index contributed by atoms with van der Waals surface area (Å²) in [5.41, 5.74) is 1.60. The van der Waals surface area contributed by atoms with E-state index in [0.29, 0.717) is 11.4 Å². The van der Waals surface area contributed by atoms with Crippen LogP contribution < -0.4 is 10.9 Å². The average molecular weight is 283 g/mol. The number of nitrogens with one attached hydrogen (secondary N) is 2. The normalized spacial score (nSPS) is 10.8. The molecule has 0 spiro atoms. The van der Waals surface area contributed by atoms with Gasteiger partial charge in [-0.15, -0.1) is 0 Å². The molecule has 0 aliphatic carbocycles. The highest BCUT2D eigenvalue weighted by Gasteiger charge is 2.21. The number of carbonyl (C=O) groups excluding carboxylic acids is 1. The van der Waals surface area contributed by atoms with Gasteiger partial charge in [-0.1, -0.05) is 18.2 Å². The van der Waals surface area contributed by atoms with Crippen molar-refractivity contribution in [3.05, 3.63) is 57.8 Å². The molecule has 0 aliphatic heterocycles. The number of aromatic nitrogens is 2. The van der Waals surface area contributed by atoms with Crippen LogP contribution in [-0.4, -0.2) is 15.9 Å². The molecule has 3 aromatic rings. The van der Waals surface area contributed by atoms with Gasteiger partial charge in [0.25, 0.3) is 11.5 Å². The van der Waals surface area contributed by atoms with Gasteiger partial charge in [-0.05, 0) is 25.5 Å². The molecule has 21 heavy (non-hydrogen) atoms. The lowest BCUT2D eigenvalue weighted by Gasteiger charge is -2.07. The number of rotatable bonds is 2. The van der Waals surface area contributed by atoms with E-state index in [-0.39, 0.29) is 22.6 Å². The maximum Gasteiger partial charge on any atom is 0.262 e. The summed E-state index contributed by atoms with van der Waals surface area (Å²) in [6.45, 7) is 3.53. The SMILES string of the molecule is Cc1ccccc1NC(=O)c1c(C)oc2nc[nH]c(=O)c12. The van der Waals surface area contributed by atoms with Gasteiger partial charge in [0, 0.05) is 5.69 Å². The van der Waals surface area contributed by atoms with Crippen LogP contribution in [0.4, 0.5) is 5.69 Å². The summed E-state index contributed by atoms with van der Waals surface area (Å²) in [6.07, 6.45) is 1.25. The fraction of sp³-hybridized carbons (Fsp3) is 0.133. The Hall–Kier alpha value is -2.89. The van der Waals surface area contributed by atoms with Gasteiger partial charge in [0.2, 0.25) is 5.71 Å². The first-order valence-corrected chi connectivity index (χ1v) is 6.41. The molecule has 0 unspecified atom stereocenters. The lowest BCUT2D eigenvalue weighted by atomic mass is 10.1. The minimum Gasteiger partial charge on any atom is -0.442 e. The highest BCUT2D eigenvalue weighted by atomic mass is 16.3. The molecule has 0 radical (unpaired) electrons. The molecule has 0 fully saturated rings. The van der Waals surface area contributed by atoms with Crippen molar-refractivity contribution in [1.82, 2.24) is 9.97 Å². The number of aryl methyl sites for hydroxylation is 2. The van der Waals surface area contributed by atoms with Crippen molar-refractivity contribution in [1.29, 1.82) is 0 Å². The van der Waals surface area contributed by atoms with E-state index in [1.807, 2.05) is 25.1 Å². The zero-order valence-corrected chi connectivity index (χ0v) is 11.6. The van der Waals surface area contributed by atoms with Gasteiger partial charge in [-0.25, -0.2) is 4.98 Å². The number of carbonyl (C=O) groups is 1. The molecule has 0 bridgehead atoms. The van der Waals surface area contributed by atoms with Crippen LogP contribution in [0.3, 0.4) is 0 Å². The molecule has 6 heteroatoms. The molecule has 0 aliphatic rings. The average Bonchev–Trinajstić information content (AvgIpc) is 2.79. The van der Waals surface area contributed by atoms with E-state index in [1.165, 1.54) is 6.33 Å². The van der Waals surface area contributed by atoms with Gasteiger partial charge in [-0.2, -0.15) is 0 Å². The largest absolute Gasteiger partial charge is 0.442 e. The first kappa shape index (κ1) is 13.1. The van der Waals surface area contributed by atoms with E-state index in [2.05, 4.69) is 15.3 Å². The van der Waals surface area contributed by atoms with Crippen LogP contribution in [0.1, 0.15) is 21.7 Å². The summed E-state index contributed by atoms with van der Waals surface area (Å²) in [5, 5.41) is 2.96. The van der Waals surface area contributed by atoms with E-state index in [4.69, 9.17) is 4.42 Å². The van der Waals surface area contributed by atoms with Crippen molar-refractivity contribution in [2.45, 2.75) is 13.8 Å². The Morgan fingerprint density at radius 1 is 1.29 bits per heavy atom. The molecule has 1 amide bonds. The highest BCUT2D eigenvalue weighted by molar-refractivity contribution is 6.12. The number of aromatic amines is 1. The zero-order valence-electron chi connectivity index (χ0n) is 11.6. The van der Waals surface area contributed by atoms with Crippen molar-refractivity contribution in [3.63, 3.8) is 0 Å². The zero-order chi connectivity index (χ0) is 15.0. The molecule has 0 saturated heterocycles. The van der Waals surface area contributed by atoms with Gasteiger partial charge < -0.3 is 14.7 Å². The van der Waals surface area contributed by atoms with Crippen LogP contribution in [0.25, 0.3) is 11.1 Å². The minimum absolute atomic E-state index is 0.159. The molecule has 2 aromatic heterocycles. The highest BCUT2D eigenvalue weighted by Crippen LogP contribution is 2.22. The summed E-state index contributed by atoms with van der Waals surface area (Å²) in [4.78, 5) is 30.7. The van der Waals surface area contributed by atoms with Crippen molar-refractivity contribution < 1.29 is 9.21 Å². The van der Waals surface area contributed by atoms with Gasteiger partial charge in [-0.3, -0.25) is 9.59 Å². The van der Waals surface area contributed by atoms with E-state index >= 15 is 0 Å². The lowest BCUT2D eigenvalue weighted by Crippen LogP contribution is -2.16. The van der Waals surface area contributed by atoms with E-state index in [0.717, 1.165) is 5.56 Å². The van der Waals surface area contributed by atoms with Crippen molar-refractivity contribution in [3.8, 4) is 0 Å². The third kappa shape index (κ3) is 2.20. The first-order chi connectivity index (χ1) is 10.1. The topological polar surface area (TPSA) is 88.0 Å². The van der Waals surface area contributed by atoms with Crippen molar-refractivity contribution >= 4 is 22.7 Å². The lowest BCUT2D eigenvalue weighted by molar-refractivity contribution is 0.102. The fourth-order valence-corrected chi connectivity index (χ4v) is 2.22. The second-order valence-corrected chi connectivity index (χ2v) is 4.71. The molecular weight excluding hydrogens is 270 g/mol. The summed E-state index contributed by atoms with van der Waals surface area (Å²) < 4.78 is 5.38. The second-order valence-electron chi connectivity index (χ2n) is 4.71. The molecule has 2 heterocycles.